The smallest absolute Gasteiger partial charge is 0.347 e. The van der Waals surface area contributed by atoms with E-state index in [-0.39, 0.29) is 5.82 Å². The van der Waals surface area contributed by atoms with E-state index in [9.17, 15) is 9.59 Å². The fraction of sp³-hybridized carbons (Fsp3) is 0.444. The van der Waals surface area contributed by atoms with Crippen LogP contribution < -0.4 is 11.4 Å². The van der Waals surface area contributed by atoms with Crippen molar-refractivity contribution in [1.29, 1.82) is 0 Å². The van der Waals surface area contributed by atoms with Gasteiger partial charge in [-0.3, -0.25) is 4.79 Å². The van der Waals surface area contributed by atoms with Crippen LogP contribution in [0.3, 0.4) is 0 Å². The van der Waals surface area contributed by atoms with Crippen molar-refractivity contribution in [2.45, 2.75) is 24.7 Å². The Labute approximate surface area is 85.1 Å². The minimum Gasteiger partial charge on any atom is -0.481 e. The molecule has 1 fully saturated rings. The second-order valence-corrected chi connectivity index (χ2v) is 3.77. The average molecular weight is 209 g/mol. The maximum atomic E-state index is 11.1. The molecule has 6 heteroatoms. The van der Waals surface area contributed by atoms with Crippen molar-refractivity contribution in [1.82, 2.24) is 9.97 Å². The lowest BCUT2D eigenvalue weighted by Gasteiger charge is -2.37. The third-order valence-corrected chi connectivity index (χ3v) is 2.90. The number of nitrogens with one attached hydrogen (secondary N) is 1. The highest BCUT2D eigenvalue weighted by Crippen LogP contribution is 2.42. The first-order chi connectivity index (χ1) is 7.04. The molecule has 1 aromatic rings. The van der Waals surface area contributed by atoms with Crippen LogP contribution in [0.5, 0.6) is 0 Å². The number of nitrogens with zero attached hydrogens (tertiary/aromatic N) is 1. The Hall–Kier alpha value is -1.85. The predicted molar refractivity (Wildman–Crippen MR) is 52.4 cm³/mol. The van der Waals surface area contributed by atoms with Crippen molar-refractivity contribution in [3.8, 4) is 0 Å². The lowest BCUT2D eigenvalue weighted by atomic mass is 9.66. The van der Waals surface area contributed by atoms with Crippen LogP contribution in [0.25, 0.3) is 0 Å². The predicted octanol–water partition coefficient (Wildman–Crippen LogP) is -0.142. The molecule has 0 unspecified atom stereocenters. The molecule has 2 rings (SSSR count). The van der Waals surface area contributed by atoms with E-state index < -0.39 is 17.1 Å². The molecule has 0 spiro atoms. The first-order valence-corrected chi connectivity index (χ1v) is 4.65. The highest BCUT2D eigenvalue weighted by Gasteiger charge is 2.47. The maximum Gasteiger partial charge on any atom is 0.347 e. The van der Waals surface area contributed by atoms with Crippen LogP contribution in [-0.2, 0) is 10.2 Å². The van der Waals surface area contributed by atoms with Gasteiger partial charge in [-0.05, 0) is 12.8 Å². The Kier molecular flexibility index (Phi) is 1.99. The van der Waals surface area contributed by atoms with Gasteiger partial charge in [-0.25, -0.2) is 4.79 Å². The lowest BCUT2D eigenvalue weighted by Crippen LogP contribution is -2.44. The van der Waals surface area contributed by atoms with Gasteiger partial charge in [0.05, 0.1) is 0 Å². The van der Waals surface area contributed by atoms with E-state index in [4.69, 9.17) is 10.8 Å². The normalized spacial score (nSPS) is 18.1. The number of anilines is 1. The number of rotatable bonds is 2. The molecule has 0 atom stereocenters. The molecule has 1 aliphatic carbocycles. The summed E-state index contributed by atoms with van der Waals surface area (Å²) in [4.78, 5) is 28.1. The summed E-state index contributed by atoms with van der Waals surface area (Å²) in [7, 11) is 0. The monoisotopic (exact) mass is 209 g/mol. The van der Waals surface area contributed by atoms with Crippen LogP contribution in [0.4, 0.5) is 5.82 Å². The largest absolute Gasteiger partial charge is 0.481 e. The number of carbonyl (C=O) groups is 1. The molecular formula is C9H11N3O3. The van der Waals surface area contributed by atoms with Gasteiger partial charge < -0.3 is 15.8 Å². The number of hydrogen-bond acceptors (Lipinski definition) is 4. The van der Waals surface area contributed by atoms with Gasteiger partial charge in [0.25, 0.3) is 0 Å². The van der Waals surface area contributed by atoms with E-state index in [0.29, 0.717) is 18.5 Å². The van der Waals surface area contributed by atoms with Gasteiger partial charge >= 0.3 is 11.7 Å². The van der Waals surface area contributed by atoms with Gasteiger partial charge in [0.15, 0.2) is 0 Å². The zero-order valence-electron chi connectivity index (χ0n) is 7.99. The number of aromatic nitrogens is 2. The Morgan fingerprint density at radius 3 is 2.67 bits per heavy atom. The fourth-order valence-corrected chi connectivity index (χ4v) is 1.86. The number of hydrogen-bond donors (Lipinski definition) is 3. The van der Waals surface area contributed by atoms with Crippen LogP contribution >= 0.6 is 0 Å². The highest BCUT2D eigenvalue weighted by atomic mass is 16.4. The summed E-state index contributed by atoms with van der Waals surface area (Å²) in [5.74, 6) is -0.865. The number of carboxylic acids is 1. The van der Waals surface area contributed by atoms with E-state index in [1.54, 1.807) is 0 Å². The highest BCUT2D eigenvalue weighted by molar-refractivity contribution is 5.82. The van der Waals surface area contributed by atoms with E-state index in [1.165, 1.54) is 6.07 Å². The molecule has 1 heterocycles. The third-order valence-electron chi connectivity index (χ3n) is 2.90. The second kappa shape index (κ2) is 3.08. The number of aromatic amines is 1. The molecule has 1 aromatic heterocycles. The summed E-state index contributed by atoms with van der Waals surface area (Å²) in [5.41, 5.74) is 4.21. The summed E-state index contributed by atoms with van der Waals surface area (Å²) in [6.45, 7) is 0. The average Bonchev–Trinajstić information content (AvgIpc) is 1.97. The van der Waals surface area contributed by atoms with Gasteiger partial charge in [0.2, 0.25) is 0 Å². The molecule has 0 aromatic carbocycles. The first-order valence-electron chi connectivity index (χ1n) is 4.65. The number of carboxylic acid groups (broad SMARTS) is 1. The van der Waals surface area contributed by atoms with E-state index in [1.807, 2.05) is 0 Å². The fourth-order valence-electron chi connectivity index (χ4n) is 1.86. The van der Waals surface area contributed by atoms with Crippen LogP contribution in [0.2, 0.25) is 0 Å². The zero-order valence-corrected chi connectivity index (χ0v) is 7.99. The quantitative estimate of drug-likeness (QED) is 0.628. The van der Waals surface area contributed by atoms with Gasteiger partial charge in [-0.15, -0.1) is 0 Å². The summed E-state index contributed by atoms with van der Waals surface area (Å²) < 4.78 is 0. The van der Waals surface area contributed by atoms with Crippen LogP contribution in [-0.4, -0.2) is 21.0 Å². The van der Waals surface area contributed by atoms with Crippen LogP contribution in [0, 0.1) is 0 Å². The molecule has 1 saturated carbocycles. The molecule has 0 amide bonds. The maximum absolute atomic E-state index is 11.1. The first kappa shape index (κ1) is 9.70. The van der Waals surface area contributed by atoms with Crippen molar-refractivity contribution in [3.63, 3.8) is 0 Å². The molecule has 15 heavy (non-hydrogen) atoms. The molecule has 0 saturated heterocycles. The van der Waals surface area contributed by atoms with Crippen molar-refractivity contribution in [3.05, 3.63) is 22.2 Å². The topological polar surface area (TPSA) is 109 Å². The minimum atomic E-state index is -0.962. The number of aliphatic carboxylic acids is 1. The minimum absolute atomic E-state index is 0.0567. The zero-order chi connectivity index (χ0) is 11.1. The molecule has 0 bridgehead atoms. The summed E-state index contributed by atoms with van der Waals surface area (Å²) in [6, 6.07) is 1.43. The molecule has 0 aliphatic heterocycles. The van der Waals surface area contributed by atoms with E-state index in [2.05, 4.69) is 9.97 Å². The Morgan fingerprint density at radius 2 is 2.27 bits per heavy atom. The molecule has 80 valence electrons. The van der Waals surface area contributed by atoms with Gasteiger partial charge in [-0.1, -0.05) is 6.42 Å². The number of nitrogens with two attached hydrogens (primary N) is 1. The van der Waals surface area contributed by atoms with Crippen molar-refractivity contribution in [2.24, 2.45) is 0 Å². The van der Waals surface area contributed by atoms with Crippen molar-refractivity contribution >= 4 is 11.8 Å². The van der Waals surface area contributed by atoms with Gasteiger partial charge in [-0.2, -0.15) is 4.98 Å². The van der Waals surface area contributed by atoms with Gasteiger partial charge in [0.1, 0.15) is 11.2 Å². The van der Waals surface area contributed by atoms with E-state index in [0.717, 1.165) is 6.42 Å². The van der Waals surface area contributed by atoms with Gasteiger partial charge in [0, 0.05) is 11.8 Å². The Bertz CT molecular complexity index is 462. The molecule has 1 aliphatic rings. The standard InChI is InChI=1S/C9H11N3O3/c10-6-4-5(11-8(15)12-6)9(7(13)14)2-1-3-9/h4H,1-3H2,(H,13,14)(H3,10,11,12,15). The van der Waals surface area contributed by atoms with E-state index >= 15 is 0 Å². The molecular weight excluding hydrogens is 198 g/mol. The number of nitrogen functional groups attached to an aromatic ring is 1. The molecule has 6 nitrogen and oxygen atoms in total. The summed E-state index contributed by atoms with van der Waals surface area (Å²) in [6.07, 6.45) is 1.90. The number of H-pyrrole nitrogens is 1. The van der Waals surface area contributed by atoms with Crippen LogP contribution in [0.15, 0.2) is 10.9 Å². The van der Waals surface area contributed by atoms with Crippen molar-refractivity contribution < 1.29 is 9.90 Å². The Balaban J connectivity index is 2.52. The Morgan fingerprint density at radius 1 is 1.60 bits per heavy atom. The molecule has 0 radical (unpaired) electrons. The molecule has 4 N–H and O–H groups in total. The summed E-state index contributed by atoms with van der Waals surface area (Å²) in [5, 5.41) is 9.14. The van der Waals surface area contributed by atoms with Crippen LogP contribution in [0.1, 0.15) is 25.0 Å². The summed E-state index contributed by atoms with van der Waals surface area (Å²) >= 11 is 0. The van der Waals surface area contributed by atoms with Crippen molar-refractivity contribution in [2.75, 3.05) is 5.73 Å². The third kappa shape index (κ3) is 1.38. The lowest BCUT2D eigenvalue weighted by molar-refractivity contribution is -0.147. The second-order valence-electron chi connectivity index (χ2n) is 3.77. The SMILES string of the molecule is Nc1cc(C2(C(=O)O)CCC2)[nH]c(=O)n1.